The number of nitrogens with zero attached hydrogens (tertiary/aromatic N) is 2. The van der Waals surface area contributed by atoms with Gasteiger partial charge in [0.05, 0.1) is 36.0 Å². The topological polar surface area (TPSA) is 107 Å². The van der Waals surface area contributed by atoms with E-state index in [1.54, 1.807) is 42.6 Å². The maximum atomic E-state index is 14.2. The van der Waals surface area contributed by atoms with E-state index >= 15 is 0 Å². The first-order valence-electron chi connectivity index (χ1n) is 11.5. The van der Waals surface area contributed by atoms with Crippen molar-refractivity contribution in [2.24, 2.45) is 0 Å². The van der Waals surface area contributed by atoms with Crippen molar-refractivity contribution < 1.29 is 35.9 Å². The molecule has 0 spiro atoms. The lowest BCUT2D eigenvalue weighted by atomic mass is 10.1. The third kappa shape index (κ3) is 5.68. The number of amides is 1. The molecule has 202 valence electrons. The number of hydrogen-bond acceptors (Lipinski definition) is 7. The molecule has 0 saturated heterocycles. The molecule has 0 bridgehead atoms. The molecule has 0 fully saturated rings. The van der Waals surface area contributed by atoms with Gasteiger partial charge in [-0.15, -0.1) is 0 Å². The summed E-state index contributed by atoms with van der Waals surface area (Å²) < 4.78 is 73.8. The lowest BCUT2D eigenvalue weighted by molar-refractivity contribution is -0.0527. The molecule has 1 N–H and O–H groups in total. The molecule has 0 aliphatic carbocycles. The standard InChI is InChI=1S/C26H19ClF3N3O5S/c27-20-8-17(9-22-19(20)12-37-13-23(28)39(22,35)36)25(34)32-11-18-7-16-6-14(4-5-15(16)10-31-18)21-2-1-3-24(33-21)38-26(29)30/h1-10,23,26H,11-13H2,(H,32,34)/t23-/m1/s1. The zero-order valence-corrected chi connectivity index (χ0v) is 21.5. The van der Waals surface area contributed by atoms with Crippen LogP contribution in [0.25, 0.3) is 22.0 Å². The summed E-state index contributed by atoms with van der Waals surface area (Å²) in [6.45, 7) is -3.83. The molecule has 5 rings (SSSR count). The number of halogens is 4. The van der Waals surface area contributed by atoms with E-state index in [0.717, 1.165) is 16.8 Å². The smallest absolute Gasteiger partial charge is 0.388 e. The van der Waals surface area contributed by atoms with Crippen LogP contribution in [0.3, 0.4) is 0 Å². The Labute approximate surface area is 225 Å². The van der Waals surface area contributed by atoms with Crippen LogP contribution in [0.15, 0.2) is 65.7 Å². The Hall–Kier alpha value is -3.74. The second kappa shape index (κ2) is 10.8. The van der Waals surface area contributed by atoms with Crippen molar-refractivity contribution in [2.75, 3.05) is 6.61 Å². The Morgan fingerprint density at radius 1 is 1.15 bits per heavy atom. The van der Waals surface area contributed by atoms with E-state index in [9.17, 15) is 26.4 Å². The fourth-order valence-electron chi connectivity index (χ4n) is 4.07. The number of alkyl halides is 3. The zero-order chi connectivity index (χ0) is 27.7. The molecule has 4 aromatic rings. The molecule has 8 nitrogen and oxygen atoms in total. The molecule has 1 atom stereocenters. The summed E-state index contributed by atoms with van der Waals surface area (Å²) in [6.07, 6.45) is 1.61. The number of hydrogen-bond donors (Lipinski definition) is 1. The van der Waals surface area contributed by atoms with E-state index in [-0.39, 0.29) is 40.1 Å². The Kier molecular flexibility index (Phi) is 7.43. The van der Waals surface area contributed by atoms with E-state index in [1.165, 1.54) is 12.1 Å². The van der Waals surface area contributed by atoms with E-state index in [2.05, 4.69) is 20.0 Å². The number of sulfone groups is 1. The predicted molar refractivity (Wildman–Crippen MR) is 136 cm³/mol. The maximum absolute atomic E-state index is 14.2. The zero-order valence-electron chi connectivity index (χ0n) is 19.9. The highest BCUT2D eigenvalue weighted by Crippen LogP contribution is 2.32. The van der Waals surface area contributed by atoms with E-state index in [4.69, 9.17) is 16.3 Å². The van der Waals surface area contributed by atoms with E-state index in [1.807, 2.05) is 0 Å². The quantitative estimate of drug-likeness (QED) is 0.340. The van der Waals surface area contributed by atoms with Gasteiger partial charge in [-0.2, -0.15) is 8.78 Å². The molecule has 1 aliphatic heterocycles. The first kappa shape index (κ1) is 26.9. The molecule has 2 aromatic heterocycles. The monoisotopic (exact) mass is 577 g/mol. The highest BCUT2D eigenvalue weighted by molar-refractivity contribution is 7.92. The Bertz CT molecular complexity index is 1690. The highest BCUT2D eigenvalue weighted by atomic mass is 35.5. The first-order valence-corrected chi connectivity index (χ1v) is 13.4. The molecule has 1 aliphatic rings. The minimum Gasteiger partial charge on any atom is -0.417 e. The minimum absolute atomic E-state index is 0.00867. The largest absolute Gasteiger partial charge is 0.417 e. The maximum Gasteiger partial charge on any atom is 0.388 e. The SMILES string of the molecule is O=C(NCc1cc2cc(-c3cccc(OC(F)F)n3)ccc2cn1)c1cc(Cl)c2c(c1)S(=O)(=O)[C@@H](F)COC2. The van der Waals surface area contributed by atoms with Gasteiger partial charge < -0.3 is 14.8 Å². The number of ether oxygens (including phenoxy) is 2. The van der Waals surface area contributed by atoms with Gasteiger partial charge in [0.15, 0.2) is 0 Å². The second-order valence-electron chi connectivity index (χ2n) is 8.56. The van der Waals surface area contributed by atoms with Crippen LogP contribution in [-0.4, -0.2) is 43.0 Å². The molecular formula is C26H19ClF3N3O5S. The van der Waals surface area contributed by atoms with Gasteiger partial charge in [-0.25, -0.2) is 17.8 Å². The molecule has 0 radical (unpaired) electrons. The summed E-state index contributed by atoms with van der Waals surface area (Å²) in [4.78, 5) is 20.9. The molecule has 0 saturated carbocycles. The van der Waals surface area contributed by atoms with E-state index in [0.29, 0.717) is 17.0 Å². The number of benzene rings is 2. The van der Waals surface area contributed by atoms with E-state index < -0.39 is 34.5 Å². The minimum atomic E-state index is -4.38. The van der Waals surface area contributed by atoms with Crippen molar-refractivity contribution in [2.45, 2.75) is 30.2 Å². The number of aromatic nitrogens is 2. The molecular weight excluding hydrogens is 559 g/mol. The average Bonchev–Trinajstić information content (AvgIpc) is 3.02. The van der Waals surface area contributed by atoms with Gasteiger partial charge in [-0.05, 0) is 35.7 Å². The van der Waals surface area contributed by atoms with Gasteiger partial charge in [0.25, 0.3) is 5.91 Å². The van der Waals surface area contributed by atoms with Crippen LogP contribution in [0.4, 0.5) is 13.2 Å². The van der Waals surface area contributed by atoms with Crippen LogP contribution in [0.5, 0.6) is 5.88 Å². The summed E-state index contributed by atoms with van der Waals surface area (Å²) in [7, 11) is -4.38. The molecule has 13 heteroatoms. The summed E-state index contributed by atoms with van der Waals surface area (Å²) in [6, 6.07) is 14.0. The van der Waals surface area contributed by atoms with Crippen LogP contribution in [-0.2, 0) is 27.7 Å². The number of fused-ring (bicyclic) bond motifs is 2. The number of pyridine rings is 2. The van der Waals surface area contributed by atoms with Crippen LogP contribution < -0.4 is 10.1 Å². The Balaban J connectivity index is 1.36. The highest BCUT2D eigenvalue weighted by Gasteiger charge is 2.34. The van der Waals surface area contributed by atoms with Crippen molar-refractivity contribution in [3.8, 4) is 17.1 Å². The molecule has 2 aromatic carbocycles. The second-order valence-corrected chi connectivity index (χ2v) is 11.0. The van der Waals surface area contributed by atoms with Crippen molar-refractivity contribution in [1.29, 1.82) is 0 Å². The third-order valence-corrected chi connectivity index (χ3v) is 8.12. The lowest BCUT2D eigenvalue weighted by Crippen LogP contribution is -2.24. The van der Waals surface area contributed by atoms with Crippen molar-refractivity contribution in [3.05, 3.63) is 82.6 Å². The third-order valence-electron chi connectivity index (χ3n) is 5.99. The Morgan fingerprint density at radius 3 is 2.77 bits per heavy atom. The number of nitrogens with one attached hydrogen (secondary N) is 1. The summed E-state index contributed by atoms with van der Waals surface area (Å²) in [5.41, 5.74) is -0.662. The normalized spacial score (nSPS) is 16.5. The van der Waals surface area contributed by atoms with Crippen LogP contribution >= 0.6 is 11.6 Å². The van der Waals surface area contributed by atoms with Gasteiger partial charge >= 0.3 is 6.61 Å². The van der Waals surface area contributed by atoms with Crippen LogP contribution in [0, 0.1) is 0 Å². The van der Waals surface area contributed by atoms with Gasteiger partial charge in [-0.3, -0.25) is 9.78 Å². The molecule has 0 unspecified atom stereocenters. The lowest BCUT2D eigenvalue weighted by Gasteiger charge is -2.12. The number of carbonyl (C=O) groups excluding carboxylic acids is 1. The molecule has 3 heterocycles. The van der Waals surface area contributed by atoms with Crippen molar-refractivity contribution in [1.82, 2.24) is 15.3 Å². The van der Waals surface area contributed by atoms with Crippen LogP contribution in [0.1, 0.15) is 21.6 Å². The number of carbonyl (C=O) groups is 1. The van der Waals surface area contributed by atoms with Gasteiger partial charge in [0, 0.05) is 39.4 Å². The fourth-order valence-corrected chi connectivity index (χ4v) is 5.75. The average molecular weight is 578 g/mol. The molecule has 1 amide bonds. The summed E-state index contributed by atoms with van der Waals surface area (Å²) in [5, 5.41) is 4.18. The number of rotatable bonds is 6. The first-order chi connectivity index (χ1) is 18.6. The van der Waals surface area contributed by atoms with Gasteiger partial charge in [0.2, 0.25) is 21.2 Å². The van der Waals surface area contributed by atoms with Crippen molar-refractivity contribution >= 4 is 38.1 Å². The molecule has 39 heavy (non-hydrogen) atoms. The van der Waals surface area contributed by atoms with Gasteiger partial charge in [0.1, 0.15) is 0 Å². The predicted octanol–water partition coefficient (Wildman–Crippen LogP) is 5.08. The van der Waals surface area contributed by atoms with Gasteiger partial charge in [-0.1, -0.05) is 29.8 Å². The summed E-state index contributed by atoms with van der Waals surface area (Å²) in [5.74, 6) is -0.841. The van der Waals surface area contributed by atoms with Crippen molar-refractivity contribution in [3.63, 3.8) is 0 Å². The fraction of sp³-hybridized carbons (Fsp3) is 0.192. The Morgan fingerprint density at radius 2 is 1.97 bits per heavy atom. The van der Waals surface area contributed by atoms with Crippen LogP contribution in [0.2, 0.25) is 5.02 Å². The summed E-state index contributed by atoms with van der Waals surface area (Å²) >= 11 is 6.21.